The monoisotopic (exact) mass is 413 g/mol. The highest BCUT2D eigenvalue weighted by molar-refractivity contribution is 7.99. The fourth-order valence-corrected chi connectivity index (χ4v) is 4.36. The van der Waals surface area contributed by atoms with Gasteiger partial charge >= 0.3 is 0 Å². The van der Waals surface area contributed by atoms with E-state index in [0.717, 1.165) is 16.2 Å². The smallest absolute Gasteiger partial charge is 0.261 e. The summed E-state index contributed by atoms with van der Waals surface area (Å²) in [5.41, 5.74) is 2.48. The molecule has 0 aliphatic carbocycles. The average Bonchev–Trinajstić information content (AvgIpc) is 2.63. The Morgan fingerprint density at radius 3 is 2.14 bits per heavy atom. The third-order valence-corrected chi connectivity index (χ3v) is 6.40. The molecule has 0 unspecified atom stereocenters. The average molecular weight is 414 g/mol. The van der Waals surface area contributed by atoms with Gasteiger partial charge in [-0.05, 0) is 72.1 Å². The van der Waals surface area contributed by atoms with Crippen LogP contribution in [0.4, 0.5) is 5.69 Å². The van der Waals surface area contributed by atoms with Crippen molar-refractivity contribution in [2.45, 2.75) is 48.1 Å². The fourth-order valence-electron chi connectivity index (χ4n) is 2.52. The number of benzene rings is 2. The molecule has 0 bridgehead atoms. The van der Waals surface area contributed by atoms with Crippen molar-refractivity contribution in [1.82, 2.24) is 9.97 Å². The van der Waals surface area contributed by atoms with Crippen LogP contribution in [0.3, 0.4) is 0 Å². The minimum absolute atomic E-state index is 0.0236. The molecule has 3 aromatic rings. The lowest BCUT2D eigenvalue weighted by atomic mass is 9.87. The molecule has 0 amide bonds. The lowest BCUT2D eigenvalue weighted by Crippen LogP contribution is -2.14. The molecule has 0 atom stereocenters. The van der Waals surface area contributed by atoms with Gasteiger partial charge < -0.3 is 0 Å². The standard InChI is InChI=1S/C21H23N3O2S2/c1-15-13-14-22-20(23-15)27-18-9-7-17(8-10-18)24-28(25,26)19-11-5-16(6-12-19)21(2,3)4/h5-14,24H,1-4H3. The van der Waals surface area contributed by atoms with Gasteiger partial charge in [-0.25, -0.2) is 18.4 Å². The van der Waals surface area contributed by atoms with Crippen LogP contribution >= 0.6 is 11.8 Å². The largest absolute Gasteiger partial charge is 0.280 e. The summed E-state index contributed by atoms with van der Waals surface area (Å²) in [7, 11) is -3.63. The summed E-state index contributed by atoms with van der Waals surface area (Å²) in [6, 6.07) is 16.0. The molecule has 0 fully saturated rings. The van der Waals surface area contributed by atoms with E-state index in [1.54, 1.807) is 30.5 Å². The maximum Gasteiger partial charge on any atom is 0.261 e. The third-order valence-electron chi connectivity index (χ3n) is 4.12. The Hall–Kier alpha value is -2.38. The van der Waals surface area contributed by atoms with Crippen LogP contribution in [0.1, 0.15) is 32.0 Å². The fraction of sp³-hybridized carbons (Fsp3) is 0.238. The number of aryl methyl sites for hydroxylation is 1. The van der Waals surface area contributed by atoms with Gasteiger partial charge in [0.15, 0.2) is 5.16 Å². The Morgan fingerprint density at radius 1 is 0.929 bits per heavy atom. The van der Waals surface area contributed by atoms with E-state index in [2.05, 4.69) is 35.5 Å². The van der Waals surface area contributed by atoms with E-state index in [1.165, 1.54) is 11.8 Å². The van der Waals surface area contributed by atoms with Crippen LogP contribution in [-0.4, -0.2) is 18.4 Å². The molecule has 0 saturated carbocycles. The lowest BCUT2D eigenvalue weighted by molar-refractivity contribution is 0.587. The van der Waals surface area contributed by atoms with Gasteiger partial charge in [0.05, 0.1) is 4.90 Å². The molecule has 7 heteroatoms. The molecule has 3 rings (SSSR count). The predicted octanol–water partition coefficient (Wildman–Crippen LogP) is 5.03. The van der Waals surface area contributed by atoms with Crippen molar-refractivity contribution in [2.24, 2.45) is 0 Å². The highest BCUT2D eigenvalue weighted by atomic mass is 32.2. The van der Waals surface area contributed by atoms with Gasteiger partial charge in [-0.15, -0.1) is 0 Å². The van der Waals surface area contributed by atoms with E-state index < -0.39 is 10.0 Å². The van der Waals surface area contributed by atoms with Crippen molar-refractivity contribution >= 4 is 27.5 Å². The minimum atomic E-state index is -3.63. The van der Waals surface area contributed by atoms with Crippen molar-refractivity contribution in [3.8, 4) is 0 Å². The molecule has 1 heterocycles. The van der Waals surface area contributed by atoms with Gasteiger partial charge in [0.1, 0.15) is 0 Å². The van der Waals surface area contributed by atoms with Crippen LogP contribution in [0, 0.1) is 6.92 Å². The van der Waals surface area contributed by atoms with Crippen LogP contribution < -0.4 is 4.72 Å². The number of sulfonamides is 1. The molecule has 28 heavy (non-hydrogen) atoms. The molecule has 0 aliphatic rings. The summed E-state index contributed by atoms with van der Waals surface area (Å²) >= 11 is 1.43. The molecule has 0 radical (unpaired) electrons. The zero-order chi connectivity index (χ0) is 20.4. The number of rotatable bonds is 5. The third kappa shape index (κ3) is 5.11. The molecule has 0 spiro atoms. The van der Waals surface area contributed by atoms with E-state index in [1.807, 2.05) is 37.3 Å². The predicted molar refractivity (Wildman–Crippen MR) is 113 cm³/mol. The Balaban J connectivity index is 1.72. The zero-order valence-corrected chi connectivity index (χ0v) is 17.9. The van der Waals surface area contributed by atoms with Gasteiger partial charge in [-0.2, -0.15) is 0 Å². The number of aromatic nitrogens is 2. The molecule has 1 N–H and O–H groups in total. The summed E-state index contributed by atoms with van der Waals surface area (Å²) in [6.07, 6.45) is 1.72. The zero-order valence-electron chi connectivity index (χ0n) is 16.3. The Morgan fingerprint density at radius 2 is 1.57 bits per heavy atom. The Labute approximate surface area is 170 Å². The molecule has 5 nitrogen and oxygen atoms in total. The highest BCUT2D eigenvalue weighted by Gasteiger charge is 2.17. The normalized spacial score (nSPS) is 12.0. The van der Waals surface area contributed by atoms with Crippen molar-refractivity contribution < 1.29 is 8.42 Å². The second-order valence-electron chi connectivity index (χ2n) is 7.49. The number of nitrogens with one attached hydrogen (secondary N) is 1. The topological polar surface area (TPSA) is 72.0 Å². The maximum absolute atomic E-state index is 12.6. The maximum atomic E-state index is 12.6. The van der Waals surface area contributed by atoms with E-state index >= 15 is 0 Å². The summed E-state index contributed by atoms with van der Waals surface area (Å²) in [5.74, 6) is 0. The van der Waals surface area contributed by atoms with E-state index in [4.69, 9.17) is 0 Å². The molecule has 2 aromatic carbocycles. The lowest BCUT2D eigenvalue weighted by Gasteiger charge is -2.19. The molecule has 0 saturated heterocycles. The van der Waals surface area contributed by atoms with Gasteiger partial charge in [0.25, 0.3) is 10.0 Å². The van der Waals surface area contributed by atoms with E-state index in [9.17, 15) is 8.42 Å². The van der Waals surface area contributed by atoms with Crippen LogP contribution in [0.15, 0.2) is 75.7 Å². The van der Waals surface area contributed by atoms with Crippen LogP contribution in [-0.2, 0) is 15.4 Å². The summed E-state index contributed by atoms with van der Waals surface area (Å²) in [5, 5.41) is 0.660. The summed E-state index contributed by atoms with van der Waals surface area (Å²) < 4.78 is 27.9. The number of hydrogen-bond acceptors (Lipinski definition) is 5. The Kier molecular flexibility index (Phi) is 5.76. The van der Waals surface area contributed by atoms with Gasteiger partial charge in [-0.1, -0.05) is 32.9 Å². The van der Waals surface area contributed by atoms with Crippen LogP contribution in [0.25, 0.3) is 0 Å². The highest BCUT2D eigenvalue weighted by Crippen LogP contribution is 2.27. The van der Waals surface area contributed by atoms with E-state index in [0.29, 0.717) is 10.8 Å². The first-order valence-electron chi connectivity index (χ1n) is 8.84. The van der Waals surface area contributed by atoms with E-state index in [-0.39, 0.29) is 10.3 Å². The number of hydrogen-bond donors (Lipinski definition) is 1. The first kappa shape index (κ1) is 20.4. The first-order valence-corrected chi connectivity index (χ1v) is 11.1. The molecule has 1 aromatic heterocycles. The van der Waals surface area contributed by atoms with Crippen molar-refractivity contribution in [3.05, 3.63) is 72.1 Å². The molecule has 146 valence electrons. The van der Waals surface area contributed by atoms with Crippen LogP contribution in [0.2, 0.25) is 0 Å². The first-order chi connectivity index (χ1) is 13.1. The molecular weight excluding hydrogens is 390 g/mol. The second-order valence-corrected chi connectivity index (χ2v) is 10.2. The summed E-state index contributed by atoms with van der Waals surface area (Å²) in [4.78, 5) is 9.75. The summed E-state index contributed by atoms with van der Waals surface area (Å²) in [6.45, 7) is 8.19. The van der Waals surface area contributed by atoms with Crippen molar-refractivity contribution in [1.29, 1.82) is 0 Å². The molecule has 0 aliphatic heterocycles. The van der Waals surface area contributed by atoms with Crippen LogP contribution in [0.5, 0.6) is 0 Å². The van der Waals surface area contributed by atoms with Gasteiger partial charge in [0.2, 0.25) is 0 Å². The van der Waals surface area contributed by atoms with Gasteiger partial charge in [0, 0.05) is 22.5 Å². The number of nitrogens with zero attached hydrogens (tertiary/aromatic N) is 2. The second kappa shape index (κ2) is 7.93. The molecular formula is C21H23N3O2S2. The number of anilines is 1. The quantitative estimate of drug-likeness (QED) is 0.594. The van der Waals surface area contributed by atoms with Crippen molar-refractivity contribution in [2.75, 3.05) is 4.72 Å². The van der Waals surface area contributed by atoms with Gasteiger partial charge in [-0.3, -0.25) is 4.72 Å². The Bertz CT molecular complexity index is 1060. The SMILES string of the molecule is Cc1ccnc(Sc2ccc(NS(=O)(=O)c3ccc(C(C)(C)C)cc3)cc2)n1. The van der Waals surface area contributed by atoms with Crippen molar-refractivity contribution in [3.63, 3.8) is 0 Å². The minimum Gasteiger partial charge on any atom is -0.280 e.